The molecule has 2 N–H and O–H groups in total. The van der Waals surface area contributed by atoms with Gasteiger partial charge in [-0.3, -0.25) is 28.4 Å². The summed E-state index contributed by atoms with van der Waals surface area (Å²) in [5, 5.41) is 0. The molecule has 0 unspecified atom stereocenters. The van der Waals surface area contributed by atoms with E-state index in [0.29, 0.717) is 13.1 Å². The Morgan fingerprint density at radius 2 is 0.713 bits per heavy atom. The van der Waals surface area contributed by atoms with Crippen LogP contribution in [0.5, 0.6) is 0 Å². The smallest absolute Gasteiger partial charge is 1.00 e. The van der Waals surface area contributed by atoms with Gasteiger partial charge in [-0.2, -0.15) is 0 Å². The van der Waals surface area contributed by atoms with Gasteiger partial charge in [-0.15, -0.1) is 0 Å². The van der Waals surface area contributed by atoms with E-state index in [2.05, 4.69) is 242 Å². The Morgan fingerprint density at radius 1 is 0.460 bits per heavy atom. The average Bonchev–Trinajstić information content (AvgIpc) is 3.59. The molecule has 7 aromatic carbocycles. The number of anilines is 4. The zero-order chi connectivity index (χ0) is 62.2. The predicted molar refractivity (Wildman–Crippen MR) is 376 cm³/mol. The van der Waals surface area contributed by atoms with Crippen LogP contribution in [0.3, 0.4) is 0 Å². The minimum Gasteiger partial charge on any atom is -1.00 e. The number of nitrogens with two attached hydrogens (primary N) is 1. The Bertz CT molecular complexity index is 3270. The van der Waals surface area contributed by atoms with Gasteiger partial charge in [0.2, 0.25) is 6.34 Å². The van der Waals surface area contributed by atoms with Crippen molar-refractivity contribution in [3.8, 4) is 0 Å². The quantitative estimate of drug-likeness (QED) is 0.0264. The maximum Gasteiger partial charge on any atom is 1.00 e. The molecule has 14 heteroatoms. The van der Waals surface area contributed by atoms with E-state index in [1.165, 1.54) is 128 Å². The van der Waals surface area contributed by atoms with Gasteiger partial charge in [-0.1, -0.05) is 131 Å². The fourth-order valence-corrected chi connectivity index (χ4v) is 12.4. The third kappa shape index (κ3) is 23.5. The minimum atomic E-state index is 0. The van der Waals surface area contributed by atoms with Gasteiger partial charge < -0.3 is 19.6 Å². The third-order valence-electron chi connectivity index (χ3n) is 14.5. The van der Waals surface area contributed by atoms with E-state index in [9.17, 15) is 0 Å². The number of aldehydes is 2. The van der Waals surface area contributed by atoms with Crippen LogP contribution in [0.1, 0.15) is 126 Å². The number of aliphatic imine (C=N–C) groups is 2. The molecule has 0 fully saturated rings. The zero-order valence-electron chi connectivity index (χ0n) is 56.6. The normalized spacial score (nSPS) is 11.1. The molecule has 0 aromatic heterocycles. The first-order valence-corrected chi connectivity index (χ1v) is 29.2. The van der Waals surface area contributed by atoms with Gasteiger partial charge in [0.25, 0.3) is 0 Å². The van der Waals surface area contributed by atoms with Crippen molar-refractivity contribution in [3.63, 3.8) is 0 Å². The first-order chi connectivity index (χ1) is 39.0. The van der Waals surface area contributed by atoms with Crippen LogP contribution in [0.25, 0.3) is 0 Å². The molecule has 0 saturated heterocycles. The van der Waals surface area contributed by atoms with Gasteiger partial charge in [0, 0.05) is 50.1 Å². The van der Waals surface area contributed by atoms with Crippen LogP contribution < -0.4 is 61.4 Å². The number of rotatable bonds is 11. The van der Waals surface area contributed by atoms with Crippen LogP contribution in [0, 0.1) is 145 Å². The summed E-state index contributed by atoms with van der Waals surface area (Å²) in [5.74, 6) is 0. The SMILES string of the molecule is C.Cc1cc(C)c(N(Cl)CCN(Cl)c2c(C)cc(C)cc2C)c(C)c1.Cc1cc(C)c(N)c(C)c1.Cc1cc(C)c(N2C=[N+](c3c(C)cc(C)cc3C)CC2)c(C)c1.Cc1cc(C)c(N=CC=Nc2c(C)cc(C)cc2C)c(C)c1.O=CC=O.[B].[Cl-].[H-].[Na+]. The molecule has 1 aliphatic heterocycles. The Morgan fingerprint density at radius 3 is 1.00 bits per heavy atom. The van der Waals surface area contributed by atoms with E-state index in [4.69, 9.17) is 38.9 Å². The number of benzene rings is 7. The Hall–Kier alpha value is -5.98. The first-order valence-electron chi connectivity index (χ1n) is 28.5. The Kier molecular flexibility index (Phi) is 35.2. The number of halogens is 3. The Labute approximate surface area is 566 Å². The fraction of sp³-hybridized carbons (Fsp3) is 0.356. The molecule has 0 aliphatic carbocycles. The summed E-state index contributed by atoms with van der Waals surface area (Å²) in [6.45, 7) is 47.9. The molecule has 1 aliphatic rings. The summed E-state index contributed by atoms with van der Waals surface area (Å²) >= 11 is 13.1. The summed E-state index contributed by atoms with van der Waals surface area (Å²) in [7, 11) is 0. The van der Waals surface area contributed by atoms with Crippen molar-refractivity contribution in [3.05, 3.63) is 202 Å². The summed E-state index contributed by atoms with van der Waals surface area (Å²) in [6.07, 6.45) is 6.24. The standard InChI is InChI=1S/C21H27N2.C20H26Cl2N2.C20H24N2.C9H13N.C2H2O2.CH4.B.ClH.Na.H/c1-14-9-16(3)20(17(4)10-14)22-7-8-23(13-22)21-18(5)11-15(2)12-19(21)6;1-13-9-15(3)19(16(4)10-13)23(21)7-8-24(22)20-17(5)11-14(2)12-18(20)6;1-13-9-15(3)19(16(4)10-13)21-7-8-22-20-17(5)11-14(2)12-18(20)6;1-6-4-7(2)9(10)8(3)5-6;3-1-2-4;;;;;/h9-13H,7-8H2,1-6H3;9-12H,7-8H2,1-6H3;7-12H,1-6H3;4-5H,10H2,1-3H3;1-2H;1H4;;1H;;/q+1;;;;;;;;+1;-1/p-1. The van der Waals surface area contributed by atoms with Crippen LogP contribution in [-0.2, 0) is 9.59 Å². The molecule has 8 rings (SSSR count). The van der Waals surface area contributed by atoms with Crippen molar-refractivity contribution in [2.45, 2.75) is 153 Å². The number of hydrogen-bond donors (Lipinski definition) is 1. The molecular formula is C73H97BCl3N7NaO2. The van der Waals surface area contributed by atoms with Crippen LogP contribution in [0.4, 0.5) is 39.8 Å². The number of nitrogens with zero attached hydrogens (tertiary/aromatic N) is 6. The second-order valence-corrected chi connectivity index (χ2v) is 23.6. The first kappa shape index (κ1) is 81.0. The number of carbonyl (C=O) groups is 2. The number of carbonyl (C=O) groups excluding carboxylic acids is 2. The molecule has 87 heavy (non-hydrogen) atoms. The molecule has 0 amide bonds. The maximum atomic E-state index is 8.81. The van der Waals surface area contributed by atoms with Gasteiger partial charge in [-0.05, 0) is 223 Å². The summed E-state index contributed by atoms with van der Waals surface area (Å²) < 4.78 is 5.96. The number of nitrogen functional groups attached to an aromatic ring is 1. The van der Waals surface area contributed by atoms with E-state index in [1.807, 2.05) is 13.8 Å². The topological polar surface area (TPSA) is 97.6 Å². The largest absolute Gasteiger partial charge is 1.00 e. The van der Waals surface area contributed by atoms with Gasteiger partial charge in [-0.25, -0.2) is 9.48 Å². The van der Waals surface area contributed by atoms with Crippen LogP contribution in [0.15, 0.2) is 94.9 Å². The summed E-state index contributed by atoms with van der Waals surface area (Å²) in [5.41, 5.74) is 40.0. The molecule has 0 saturated carbocycles. The molecular weight excluding hydrogens is 1150 g/mol. The molecule has 0 atom stereocenters. The van der Waals surface area contributed by atoms with Crippen LogP contribution >= 0.6 is 23.6 Å². The number of aryl methyl sites for hydroxylation is 21. The molecule has 9 nitrogen and oxygen atoms in total. The maximum absolute atomic E-state index is 8.81. The van der Waals surface area contributed by atoms with Gasteiger partial charge >= 0.3 is 29.6 Å². The molecule has 0 spiro atoms. The second kappa shape index (κ2) is 37.8. The average molecular weight is 1240 g/mol. The molecule has 7 aromatic rings. The van der Waals surface area contributed by atoms with E-state index >= 15 is 0 Å². The van der Waals surface area contributed by atoms with Gasteiger partial charge in [0.05, 0.1) is 35.8 Å². The number of hydrogen-bond acceptors (Lipinski definition) is 8. The van der Waals surface area contributed by atoms with Crippen molar-refractivity contribution < 1.29 is 57.6 Å². The second-order valence-electron chi connectivity index (χ2n) is 22.8. The van der Waals surface area contributed by atoms with Gasteiger partial charge in [0.15, 0.2) is 12.6 Å². The van der Waals surface area contributed by atoms with Crippen molar-refractivity contribution in [1.29, 1.82) is 0 Å². The summed E-state index contributed by atoms with van der Waals surface area (Å²) in [6, 6.07) is 30.6. The van der Waals surface area contributed by atoms with Crippen LogP contribution in [-0.4, -0.2) is 70.5 Å². The fourth-order valence-electron chi connectivity index (χ4n) is 11.8. The zero-order valence-corrected chi connectivity index (χ0v) is 59.9. The molecule has 1 heterocycles. The molecule has 0 bridgehead atoms. The van der Waals surface area contributed by atoms with Crippen molar-refractivity contribution >= 4 is 103 Å². The van der Waals surface area contributed by atoms with E-state index < -0.39 is 0 Å². The van der Waals surface area contributed by atoms with Crippen molar-refractivity contribution in [2.75, 3.05) is 45.7 Å². The monoisotopic (exact) mass is 1240 g/mol. The summed E-state index contributed by atoms with van der Waals surface area (Å²) in [4.78, 5) is 29.1. The molecule has 3 radical (unpaired) electrons. The van der Waals surface area contributed by atoms with E-state index in [1.54, 1.807) is 21.3 Å². The predicted octanol–water partition coefficient (Wildman–Crippen LogP) is 12.5. The van der Waals surface area contributed by atoms with Crippen molar-refractivity contribution in [2.24, 2.45) is 9.98 Å². The Balaban J connectivity index is 0. The molecule has 461 valence electrons. The van der Waals surface area contributed by atoms with Crippen LogP contribution in [0.2, 0.25) is 0 Å². The third-order valence-corrected chi connectivity index (χ3v) is 15.2. The van der Waals surface area contributed by atoms with E-state index in [-0.39, 0.29) is 71.8 Å². The van der Waals surface area contributed by atoms with E-state index in [0.717, 1.165) is 41.5 Å². The van der Waals surface area contributed by atoms with Crippen molar-refractivity contribution in [1.82, 2.24) is 0 Å². The van der Waals surface area contributed by atoms with Gasteiger partial charge in [0.1, 0.15) is 24.5 Å². The minimum absolute atomic E-state index is 0.